The molecule has 2 N–H and O–H groups in total. The molecule has 3 rings (SSSR count). The number of carbonyl (C=O) groups is 1. The molecule has 1 aromatic heterocycles. The van der Waals surface area contributed by atoms with Gasteiger partial charge in [-0.05, 0) is 30.9 Å². The Hall–Kier alpha value is -1.81. The van der Waals surface area contributed by atoms with Crippen LogP contribution in [-0.2, 0) is 0 Å². The number of aromatic nitrogens is 2. The van der Waals surface area contributed by atoms with E-state index in [1.807, 2.05) is 24.3 Å². The predicted molar refractivity (Wildman–Crippen MR) is 87.9 cm³/mol. The minimum Gasteiger partial charge on any atom is -0.352 e. The number of H-pyrrole nitrogens is 1. The number of hydrogen-bond donors (Lipinski definition) is 2. The van der Waals surface area contributed by atoms with E-state index in [4.69, 9.17) is 11.6 Å². The summed E-state index contributed by atoms with van der Waals surface area (Å²) in [4.78, 5) is 12.4. The Labute approximate surface area is 135 Å². The molecule has 1 saturated carbocycles. The number of amides is 1. The monoisotopic (exact) mass is 317 g/mol. The second-order valence-corrected chi connectivity index (χ2v) is 6.32. The number of rotatable bonds is 4. The summed E-state index contributed by atoms with van der Waals surface area (Å²) in [6.07, 6.45) is 7.89. The van der Waals surface area contributed by atoms with E-state index in [9.17, 15) is 4.79 Å². The highest BCUT2D eigenvalue weighted by molar-refractivity contribution is 6.30. The molecule has 1 amide bonds. The number of hydrogen-bond acceptors (Lipinski definition) is 2. The summed E-state index contributed by atoms with van der Waals surface area (Å²) in [5.74, 6) is 0.536. The predicted octanol–water partition coefficient (Wildman–Crippen LogP) is 4.04. The van der Waals surface area contributed by atoms with E-state index in [-0.39, 0.29) is 5.91 Å². The zero-order chi connectivity index (χ0) is 15.4. The van der Waals surface area contributed by atoms with Gasteiger partial charge in [0.1, 0.15) is 0 Å². The Bertz CT molecular complexity index is 647. The number of benzene rings is 1. The van der Waals surface area contributed by atoms with Crippen LogP contribution in [0.2, 0.25) is 5.02 Å². The van der Waals surface area contributed by atoms with Gasteiger partial charge in [0.2, 0.25) is 0 Å². The fraction of sp³-hybridized carbons (Fsp3) is 0.412. The van der Waals surface area contributed by atoms with Gasteiger partial charge in [0.15, 0.2) is 0 Å². The van der Waals surface area contributed by atoms with Crippen LogP contribution in [-0.4, -0.2) is 22.6 Å². The lowest BCUT2D eigenvalue weighted by molar-refractivity contribution is 0.0944. The molecule has 1 heterocycles. The second-order valence-electron chi connectivity index (χ2n) is 5.88. The molecule has 0 spiro atoms. The standard InChI is InChI=1S/C17H20ClN3O/c18-14-8-4-7-13(9-14)16-15(11-20-21-16)17(22)19-10-12-5-2-1-3-6-12/h4,7-9,11-12H,1-3,5-6,10H2,(H,19,22)(H,20,21). The molecule has 1 aliphatic carbocycles. The Morgan fingerprint density at radius 2 is 2.14 bits per heavy atom. The third-order valence-corrected chi connectivity index (χ3v) is 4.51. The van der Waals surface area contributed by atoms with Crippen LogP contribution < -0.4 is 5.32 Å². The summed E-state index contributed by atoms with van der Waals surface area (Å²) in [6.45, 7) is 0.749. The van der Waals surface area contributed by atoms with Gasteiger partial charge in [-0.15, -0.1) is 0 Å². The Balaban J connectivity index is 1.69. The average Bonchev–Trinajstić information content (AvgIpc) is 3.03. The summed E-state index contributed by atoms with van der Waals surface area (Å²) in [5, 5.41) is 10.6. The Kier molecular flexibility index (Phi) is 4.78. The van der Waals surface area contributed by atoms with Crippen molar-refractivity contribution in [2.75, 3.05) is 6.54 Å². The molecule has 1 aromatic carbocycles. The number of nitrogens with one attached hydrogen (secondary N) is 2. The highest BCUT2D eigenvalue weighted by Gasteiger charge is 2.18. The van der Waals surface area contributed by atoms with Crippen LogP contribution in [0, 0.1) is 5.92 Å². The van der Waals surface area contributed by atoms with Crippen LogP contribution in [0.1, 0.15) is 42.5 Å². The highest BCUT2D eigenvalue weighted by Crippen LogP contribution is 2.25. The van der Waals surface area contributed by atoms with Gasteiger partial charge in [-0.25, -0.2) is 0 Å². The molecule has 4 nitrogen and oxygen atoms in total. The maximum Gasteiger partial charge on any atom is 0.255 e. The molecule has 0 unspecified atom stereocenters. The van der Waals surface area contributed by atoms with Crippen molar-refractivity contribution in [3.05, 3.63) is 41.0 Å². The molecule has 22 heavy (non-hydrogen) atoms. The van der Waals surface area contributed by atoms with Crippen LogP contribution in [0.3, 0.4) is 0 Å². The van der Waals surface area contributed by atoms with Crippen molar-refractivity contribution in [3.63, 3.8) is 0 Å². The van der Waals surface area contributed by atoms with Crippen molar-refractivity contribution in [3.8, 4) is 11.3 Å². The summed E-state index contributed by atoms with van der Waals surface area (Å²) >= 11 is 6.02. The van der Waals surface area contributed by atoms with Crippen molar-refractivity contribution >= 4 is 17.5 Å². The van der Waals surface area contributed by atoms with E-state index < -0.39 is 0 Å². The van der Waals surface area contributed by atoms with Crippen molar-refractivity contribution in [2.24, 2.45) is 5.92 Å². The lowest BCUT2D eigenvalue weighted by Crippen LogP contribution is -2.30. The molecule has 2 aromatic rings. The Morgan fingerprint density at radius 3 is 2.91 bits per heavy atom. The minimum absolute atomic E-state index is 0.0747. The molecule has 116 valence electrons. The third-order valence-electron chi connectivity index (χ3n) is 4.27. The van der Waals surface area contributed by atoms with Crippen LogP contribution in [0.5, 0.6) is 0 Å². The summed E-state index contributed by atoms with van der Waals surface area (Å²) in [7, 11) is 0. The Morgan fingerprint density at radius 1 is 1.32 bits per heavy atom. The number of halogens is 1. The molecule has 0 radical (unpaired) electrons. The SMILES string of the molecule is O=C(NCC1CCCCC1)c1cn[nH]c1-c1cccc(Cl)c1. The number of aromatic amines is 1. The van der Waals surface area contributed by atoms with Crippen LogP contribution in [0.4, 0.5) is 0 Å². The molecule has 0 aliphatic heterocycles. The van der Waals surface area contributed by atoms with E-state index in [0.717, 1.165) is 12.1 Å². The zero-order valence-electron chi connectivity index (χ0n) is 12.4. The maximum absolute atomic E-state index is 12.4. The van der Waals surface area contributed by atoms with E-state index >= 15 is 0 Å². The fourth-order valence-corrected chi connectivity index (χ4v) is 3.24. The largest absolute Gasteiger partial charge is 0.352 e. The third kappa shape index (κ3) is 3.50. The molecule has 0 bridgehead atoms. The summed E-state index contributed by atoms with van der Waals surface area (Å²) in [5.41, 5.74) is 2.15. The minimum atomic E-state index is -0.0747. The molecular formula is C17H20ClN3O. The number of carbonyl (C=O) groups excluding carboxylic acids is 1. The van der Waals surface area contributed by atoms with Gasteiger partial charge >= 0.3 is 0 Å². The molecule has 1 aliphatic rings. The van der Waals surface area contributed by atoms with Gasteiger partial charge in [-0.1, -0.05) is 43.0 Å². The summed E-state index contributed by atoms with van der Waals surface area (Å²) in [6, 6.07) is 7.41. The van der Waals surface area contributed by atoms with E-state index in [2.05, 4.69) is 15.5 Å². The topological polar surface area (TPSA) is 57.8 Å². The first-order valence-corrected chi connectivity index (χ1v) is 8.19. The van der Waals surface area contributed by atoms with Gasteiger partial charge in [0.05, 0.1) is 17.5 Å². The first-order valence-electron chi connectivity index (χ1n) is 7.81. The normalized spacial score (nSPS) is 15.7. The van der Waals surface area contributed by atoms with E-state index in [1.165, 1.54) is 32.1 Å². The smallest absolute Gasteiger partial charge is 0.255 e. The first-order chi connectivity index (χ1) is 10.7. The zero-order valence-corrected chi connectivity index (χ0v) is 13.2. The van der Waals surface area contributed by atoms with Crippen molar-refractivity contribution in [2.45, 2.75) is 32.1 Å². The van der Waals surface area contributed by atoms with Crippen molar-refractivity contribution < 1.29 is 4.79 Å². The van der Waals surface area contributed by atoms with E-state index in [0.29, 0.717) is 22.2 Å². The van der Waals surface area contributed by atoms with Gasteiger partial charge in [-0.2, -0.15) is 5.10 Å². The number of nitrogens with zero attached hydrogens (tertiary/aromatic N) is 1. The van der Waals surface area contributed by atoms with Gasteiger partial charge in [0.25, 0.3) is 5.91 Å². The summed E-state index contributed by atoms with van der Waals surface area (Å²) < 4.78 is 0. The van der Waals surface area contributed by atoms with Gasteiger partial charge < -0.3 is 5.32 Å². The highest BCUT2D eigenvalue weighted by atomic mass is 35.5. The van der Waals surface area contributed by atoms with Crippen LogP contribution in [0.15, 0.2) is 30.5 Å². The van der Waals surface area contributed by atoms with Crippen LogP contribution in [0.25, 0.3) is 11.3 Å². The van der Waals surface area contributed by atoms with E-state index in [1.54, 1.807) is 6.20 Å². The van der Waals surface area contributed by atoms with Crippen molar-refractivity contribution in [1.29, 1.82) is 0 Å². The van der Waals surface area contributed by atoms with Crippen molar-refractivity contribution in [1.82, 2.24) is 15.5 Å². The average molecular weight is 318 g/mol. The van der Waals surface area contributed by atoms with Gasteiger partial charge in [-0.3, -0.25) is 9.89 Å². The molecule has 0 atom stereocenters. The molecule has 5 heteroatoms. The van der Waals surface area contributed by atoms with Crippen LogP contribution >= 0.6 is 11.6 Å². The maximum atomic E-state index is 12.4. The first kappa shape index (κ1) is 15.1. The quantitative estimate of drug-likeness (QED) is 0.894. The fourth-order valence-electron chi connectivity index (χ4n) is 3.05. The van der Waals surface area contributed by atoms with Gasteiger partial charge in [0, 0.05) is 17.1 Å². The second kappa shape index (κ2) is 6.97. The lowest BCUT2D eigenvalue weighted by atomic mass is 9.89. The molecule has 1 fully saturated rings. The molecular weight excluding hydrogens is 298 g/mol. The lowest BCUT2D eigenvalue weighted by Gasteiger charge is -2.21. The molecule has 0 saturated heterocycles.